The number of primary amides is 1. The summed E-state index contributed by atoms with van der Waals surface area (Å²) in [5, 5.41) is 3.42. The molecule has 6 nitrogen and oxygen atoms in total. The second-order valence-electron chi connectivity index (χ2n) is 6.13. The first-order valence-electron chi connectivity index (χ1n) is 8.19. The minimum Gasteiger partial charge on any atom is -0.368 e. The molecule has 1 unspecified atom stereocenters. The molecule has 3 aromatic rings. The van der Waals surface area contributed by atoms with Crippen molar-refractivity contribution in [3.8, 4) is 0 Å². The van der Waals surface area contributed by atoms with E-state index in [-0.39, 0.29) is 17.9 Å². The number of carbonyl (C=O) groups excluding carboxylic acids is 2. The van der Waals surface area contributed by atoms with Gasteiger partial charge in [0.1, 0.15) is 0 Å². The highest BCUT2D eigenvalue weighted by Crippen LogP contribution is 2.25. The number of hydrogen-bond acceptors (Lipinski definition) is 5. The van der Waals surface area contributed by atoms with Crippen molar-refractivity contribution >= 4 is 38.5 Å². The molecule has 3 rings (SSSR count). The fraction of sp³-hybridized carbons (Fsp3) is 0.211. The Balaban J connectivity index is 1.72. The van der Waals surface area contributed by atoms with Crippen LogP contribution in [0.1, 0.15) is 22.8 Å². The first kappa shape index (κ1) is 18.0. The molecular weight excluding hydrogens is 348 g/mol. The number of likely N-dealkylation sites (N-methyl/N-ethyl adjacent to an activating group) is 1. The fourth-order valence-electron chi connectivity index (χ4n) is 2.55. The van der Waals surface area contributed by atoms with Crippen molar-refractivity contribution in [1.29, 1.82) is 0 Å². The number of rotatable bonds is 6. The van der Waals surface area contributed by atoms with Crippen molar-refractivity contribution in [2.24, 2.45) is 5.73 Å². The average molecular weight is 368 g/mol. The summed E-state index contributed by atoms with van der Waals surface area (Å²) in [4.78, 5) is 30.1. The maximum Gasteiger partial charge on any atom is 0.257 e. The molecule has 7 heteroatoms. The van der Waals surface area contributed by atoms with E-state index in [9.17, 15) is 9.59 Å². The van der Waals surface area contributed by atoms with Gasteiger partial charge in [-0.2, -0.15) is 0 Å². The summed E-state index contributed by atoms with van der Waals surface area (Å²) in [5.41, 5.74) is 7.67. The van der Waals surface area contributed by atoms with Gasteiger partial charge in [0, 0.05) is 12.1 Å². The number of anilines is 1. The van der Waals surface area contributed by atoms with E-state index in [1.807, 2.05) is 54.4 Å². The molecule has 1 atom stereocenters. The van der Waals surface area contributed by atoms with Crippen molar-refractivity contribution < 1.29 is 9.59 Å². The molecule has 0 saturated heterocycles. The molecule has 2 aromatic carbocycles. The van der Waals surface area contributed by atoms with Gasteiger partial charge in [-0.3, -0.25) is 19.8 Å². The zero-order valence-corrected chi connectivity index (χ0v) is 15.4. The summed E-state index contributed by atoms with van der Waals surface area (Å²) in [6, 6.07) is 14.7. The summed E-state index contributed by atoms with van der Waals surface area (Å²) >= 11 is 1.44. The average Bonchev–Trinajstić information content (AvgIpc) is 3.03. The molecule has 0 aliphatic heterocycles. The summed E-state index contributed by atoms with van der Waals surface area (Å²) in [6.45, 7) is 2.28. The van der Waals surface area contributed by atoms with Crippen molar-refractivity contribution in [3.63, 3.8) is 0 Å². The molecule has 0 saturated carbocycles. The minimum absolute atomic E-state index is 0.212. The predicted molar refractivity (Wildman–Crippen MR) is 104 cm³/mol. The lowest BCUT2D eigenvalue weighted by Crippen LogP contribution is -2.39. The minimum atomic E-state index is -0.379. The van der Waals surface area contributed by atoms with Crippen LogP contribution in [-0.4, -0.2) is 34.8 Å². The molecule has 0 aliphatic carbocycles. The highest BCUT2D eigenvalue weighted by molar-refractivity contribution is 7.22. The van der Waals surface area contributed by atoms with Crippen LogP contribution < -0.4 is 11.1 Å². The number of carbonyl (C=O) groups is 2. The quantitative estimate of drug-likeness (QED) is 0.700. The van der Waals surface area contributed by atoms with Crippen LogP contribution in [0.2, 0.25) is 0 Å². The highest BCUT2D eigenvalue weighted by atomic mass is 32.1. The van der Waals surface area contributed by atoms with Gasteiger partial charge in [-0.05, 0) is 43.8 Å². The lowest BCUT2D eigenvalue weighted by Gasteiger charge is -2.22. The van der Waals surface area contributed by atoms with E-state index >= 15 is 0 Å². The van der Waals surface area contributed by atoms with Crippen LogP contribution in [0, 0.1) is 0 Å². The van der Waals surface area contributed by atoms with E-state index in [0.29, 0.717) is 17.2 Å². The Morgan fingerprint density at radius 2 is 2.00 bits per heavy atom. The van der Waals surface area contributed by atoms with Gasteiger partial charge < -0.3 is 5.73 Å². The maximum absolute atomic E-state index is 12.5. The number of aromatic nitrogens is 1. The van der Waals surface area contributed by atoms with E-state index < -0.39 is 0 Å². The smallest absolute Gasteiger partial charge is 0.257 e. The lowest BCUT2D eigenvalue weighted by molar-refractivity contribution is -0.122. The standard InChI is InChI=1S/C19H20N4O2S/c1-12(17(20)24)23(2)11-13-6-5-7-14(10-13)18(25)22-19-21-15-8-3-4-9-16(15)26-19/h3-10,12H,11H2,1-2H3,(H2,20,24)(H,21,22,25). The molecule has 1 aromatic heterocycles. The molecule has 2 amide bonds. The van der Waals surface area contributed by atoms with Gasteiger partial charge in [0.05, 0.1) is 16.3 Å². The van der Waals surface area contributed by atoms with Crippen LogP contribution in [-0.2, 0) is 11.3 Å². The Labute approximate surface area is 155 Å². The van der Waals surface area contributed by atoms with Gasteiger partial charge in [0.2, 0.25) is 5.91 Å². The van der Waals surface area contributed by atoms with Crippen molar-refractivity contribution in [2.45, 2.75) is 19.5 Å². The summed E-state index contributed by atoms with van der Waals surface area (Å²) < 4.78 is 1.03. The molecule has 0 fully saturated rings. The molecule has 26 heavy (non-hydrogen) atoms. The molecule has 134 valence electrons. The second-order valence-corrected chi connectivity index (χ2v) is 7.17. The molecular formula is C19H20N4O2S. The summed E-state index contributed by atoms with van der Waals surface area (Å²) in [5.74, 6) is -0.589. The van der Waals surface area contributed by atoms with Gasteiger partial charge in [-0.15, -0.1) is 0 Å². The van der Waals surface area contributed by atoms with Crippen molar-refractivity contribution in [1.82, 2.24) is 9.88 Å². The van der Waals surface area contributed by atoms with Crippen LogP contribution in [0.4, 0.5) is 5.13 Å². The molecule has 0 spiro atoms. The van der Waals surface area contributed by atoms with Gasteiger partial charge in [-0.1, -0.05) is 35.6 Å². The Bertz CT molecular complexity index is 920. The van der Waals surface area contributed by atoms with Crippen molar-refractivity contribution in [3.05, 3.63) is 59.7 Å². The molecule has 0 bridgehead atoms. The van der Waals surface area contributed by atoms with Crippen LogP contribution in [0.5, 0.6) is 0 Å². The highest BCUT2D eigenvalue weighted by Gasteiger charge is 2.16. The number of amides is 2. The zero-order chi connectivity index (χ0) is 18.7. The number of nitrogens with one attached hydrogen (secondary N) is 1. The first-order valence-corrected chi connectivity index (χ1v) is 9.01. The number of benzene rings is 2. The number of fused-ring (bicyclic) bond motifs is 1. The van der Waals surface area contributed by atoms with Gasteiger partial charge >= 0.3 is 0 Å². The van der Waals surface area contributed by atoms with Crippen LogP contribution in [0.15, 0.2) is 48.5 Å². The topological polar surface area (TPSA) is 88.3 Å². The third kappa shape index (κ3) is 4.07. The van der Waals surface area contributed by atoms with Crippen LogP contribution >= 0.6 is 11.3 Å². The van der Waals surface area contributed by atoms with Crippen LogP contribution in [0.25, 0.3) is 10.2 Å². The monoisotopic (exact) mass is 368 g/mol. The summed E-state index contributed by atoms with van der Waals surface area (Å²) in [7, 11) is 1.82. The number of para-hydroxylation sites is 1. The third-order valence-electron chi connectivity index (χ3n) is 4.21. The van der Waals surface area contributed by atoms with E-state index in [4.69, 9.17) is 5.73 Å². The zero-order valence-electron chi connectivity index (χ0n) is 14.6. The largest absolute Gasteiger partial charge is 0.368 e. The number of nitrogens with two attached hydrogens (primary N) is 1. The molecule has 1 heterocycles. The molecule has 0 radical (unpaired) electrons. The molecule has 3 N–H and O–H groups in total. The Morgan fingerprint density at radius 3 is 2.73 bits per heavy atom. The SMILES string of the molecule is CC(C(N)=O)N(C)Cc1cccc(C(=O)Nc2nc3ccccc3s2)c1. The fourth-order valence-corrected chi connectivity index (χ4v) is 3.41. The summed E-state index contributed by atoms with van der Waals surface area (Å²) in [6.07, 6.45) is 0. The Morgan fingerprint density at radius 1 is 1.23 bits per heavy atom. The maximum atomic E-state index is 12.5. The Hall–Kier alpha value is -2.77. The predicted octanol–water partition coefficient (Wildman–Crippen LogP) is 2.85. The van der Waals surface area contributed by atoms with Crippen LogP contribution in [0.3, 0.4) is 0 Å². The first-order chi connectivity index (χ1) is 12.4. The number of hydrogen-bond donors (Lipinski definition) is 2. The molecule has 0 aliphatic rings. The normalized spacial score (nSPS) is 12.3. The number of thiazole rings is 1. The van der Waals surface area contributed by atoms with E-state index in [0.717, 1.165) is 15.8 Å². The van der Waals surface area contributed by atoms with E-state index in [1.165, 1.54) is 11.3 Å². The van der Waals surface area contributed by atoms with E-state index in [1.54, 1.807) is 13.0 Å². The van der Waals surface area contributed by atoms with Gasteiger partial charge in [0.25, 0.3) is 5.91 Å². The number of nitrogens with zero attached hydrogens (tertiary/aromatic N) is 2. The second kappa shape index (κ2) is 7.63. The lowest BCUT2D eigenvalue weighted by atomic mass is 10.1. The van der Waals surface area contributed by atoms with E-state index in [2.05, 4.69) is 10.3 Å². The van der Waals surface area contributed by atoms with Gasteiger partial charge in [0.15, 0.2) is 5.13 Å². The Kier molecular flexibility index (Phi) is 5.29. The third-order valence-corrected chi connectivity index (χ3v) is 5.16. The van der Waals surface area contributed by atoms with Crippen molar-refractivity contribution in [2.75, 3.05) is 12.4 Å². The van der Waals surface area contributed by atoms with Gasteiger partial charge in [-0.25, -0.2) is 4.98 Å².